The first-order chi connectivity index (χ1) is 22.2. The molecule has 0 bridgehead atoms. The fraction of sp³-hybridized carbons (Fsp3) is 0.553. The van der Waals surface area contributed by atoms with E-state index in [0.717, 1.165) is 69.6 Å². The Morgan fingerprint density at radius 1 is 0.848 bits per heavy atom. The molecule has 8 nitrogen and oxygen atoms in total. The lowest BCUT2D eigenvalue weighted by atomic mass is 9.98. The fourth-order valence-electron chi connectivity index (χ4n) is 5.54. The number of rotatable bonds is 20. The van der Waals surface area contributed by atoms with Gasteiger partial charge in [-0.2, -0.15) is 0 Å². The molecule has 0 radical (unpaired) electrons. The number of hydrogen-bond donors (Lipinski definition) is 2. The summed E-state index contributed by atoms with van der Waals surface area (Å²) in [6.45, 7) is 20.5. The number of ether oxygens (including phenoxy) is 3. The molecule has 0 aliphatic carbocycles. The van der Waals surface area contributed by atoms with E-state index in [-0.39, 0.29) is 22.1 Å². The summed E-state index contributed by atoms with van der Waals surface area (Å²) in [5.41, 5.74) is 3.85. The molecular weight excluding hydrogens is 580 g/mol. The van der Waals surface area contributed by atoms with Crippen LogP contribution in [0.5, 0.6) is 23.0 Å². The van der Waals surface area contributed by atoms with Gasteiger partial charge in [0.05, 0.1) is 25.7 Å². The molecule has 0 amide bonds. The van der Waals surface area contributed by atoms with Crippen LogP contribution in [0.15, 0.2) is 44.6 Å². The van der Waals surface area contributed by atoms with Crippen LogP contribution in [0.4, 0.5) is 0 Å². The van der Waals surface area contributed by atoms with E-state index in [1.165, 1.54) is 0 Å². The summed E-state index contributed by atoms with van der Waals surface area (Å²) in [5, 5.41) is 15.5. The molecule has 254 valence electrons. The molecule has 3 rings (SSSR count). The van der Waals surface area contributed by atoms with Crippen molar-refractivity contribution in [2.24, 2.45) is 0 Å². The van der Waals surface area contributed by atoms with Crippen molar-refractivity contribution in [3.63, 3.8) is 0 Å². The van der Waals surface area contributed by atoms with Crippen molar-refractivity contribution >= 4 is 21.9 Å². The van der Waals surface area contributed by atoms with Gasteiger partial charge in [0.1, 0.15) is 28.1 Å². The monoisotopic (exact) mass is 636 g/mol. The van der Waals surface area contributed by atoms with E-state index >= 15 is 0 Å². The number of nitrogens with one attached hydrogen (secondary N) is 1. The largest absolute Gasteiger partial charge is 0.507 e. The highest BCUT2D eigenvalue weighted by Gasteiger charge is 2.24. The highest BCUT2D eigenvalue weighted by Crippen LogP contribution is 2.41. The van der Waals surface area contributed by atoms with Gasteiger partial charge in [-0.3, -0.25) is 4.79 Å². The number of hydrogen-bond acceptors (Lipinski definition) is 8. The van der Waals surface area contributed by atoms with Crippen molar-refractivity contribution in [2.75, 3.05) is 53.0 Å². The second-order valence-electron chi connectivity index (χ2n) is 12.2. The lowest BCUT2D eigenvalue weighted by Gasteiger charge is -2.19. The van der Waals surface area contributed by atoms with Crippen molar-refractivity contribution in [1.82, 2.24) is 10.2 Å². The average Bonchev–Trinajstić information content (AvgIpc) is 3.02. The van der Waals surface area contributed by atoms with Gasteiger partial charge in [0.2, 0.25) is 5.43 Å². The average molecular weight is 637 g/mol. The standard InChI is InChI=1S/C38H56N2O6/c1-9-39-20-12-14-22-44-30-24-32-35(36(41)28(30)18-16-26(4)5)37(42)34-29(19-17-27(6)7)38(43-8)33(25-31(34)46-32)45-23-15-13-21-40(10-2)11-3/h16-17,24-25,39,41H,9-15,18-23H2,1-8H3. The second kappa shape index (κ2) is 18.6. The zero-order valence-corrected chi connectivity index (χ0v) is 29.4. The SMILES string of the molecule is CCNCCCCOc1cc2oc3cc(OCCCCN(CC)CC)c(OC)c(CC=C(C)C)c3c(=O)c2c(O)c1CC=C(C)C. The number of benzene rings is 2. The smallest absolute Gasteiger partial charge is 0.204 e. The fourth-order valence-corrected chi connectivity index (χ4v) is 5.54. The van der Waals surface area contributed by atoms with Crippen LogP contribution in [0.3, 0.4) is 0 Å². The third-order valence-corrected chi connectivity index (χ3v) is 8.22. The molecule has 0 atom stereocenters. The summed E-state index contributed by atoms with van der Waals surface area (Å²) in [4.78, 5) is 16.7. The maximum atomic E-state index is 14.3. The molecule has 0 unspecified atom stereocenters. The van der Waals surface area contributed by atoms with Gasteiger partial charge >= 0.3 is 0 Å². The van der Waals surface area contributed by atoms with Crippen molar-refractivity contribution in [2.45, 2.75) is 87.0 Å². The molecule has 0 spiro atoms. The van der Waals surface area contributed by atoms with Crippen molar-refractivity contribution in [1.29, 1.82) is 0 Å². The number of phenolic OH excluding ortho intramolecular Hbond substituents is 1. The van der Waals surface area contributed by atoms with Crippen LogP contribution in [-0.4, -0.2) is 63.1 Å². The van der Waals surface area contributed by atoms with E-state index in [1.807, 2.05) is 33.8 Å². The van der Waals surface area contributed by atoms with Crippen molar-refractivity contribution in [3.05, 3.63) is 56.8 Å². The lowest BCUT2D eigenvalue weighted by molar-refractivity contribution is 0.258. The Hall–Kier alpha value is -3.49. The zero-order valence-electron chi connectivity index (χ0n) is 29.4. The number of phenols is 1. The highest BCUT2D eigenvalue weighted by atomic mass is 16.5. The predicted molar refractivity (Wildman–Crippen MR) is 190 cm³/mol. The van der Waals surface area contributed by atoms with Gasteiger partial charge < -0.3 is 34.0 Å². The Balaban J connectivity index is 2.14. The minimum Gasteiger partial charge on any atom is -0.507 e. The first kappa shape index (κ1) is 37.0. The molecule has 0 aliphatic rings. The van der Waals surface area contributed by atoms with Crippen LogP contribution >= 0.6 is 0 Å². The third kappa shape index (κ3) is 9.76. The minimum absolute atomic E-state index is 0.103. The van der Waals surface area contributed by atoms with Gasteiger partial charge in [-0.25, -0.2) is 0 Å². The number of unbranched alkanes of at least 4 members (excludes halogenated alkanes) is 2. The summed E-state index contributed by atoms with van der Waals surface area (Å²) in [6, 6.07) is 3.50. The van der Waals surface area contributed by atoms with Gasteiger partial charge in [-0.1, -0.05) is 44.1 Å². The van der Waals surface area contributed by atoms with Crippen LogP contribution in [0, 0.1) is 0 Å². The van der Waals surface area contributed by atoms with Crippen LogP contribution in [-0.2, 0) is 12.8 Å². The van der Waals surface area contributed by atoms with Gasteiger partial charge in [-0.05, 0) is 98.9 Å². The first-order valence-corrected chi connectivity index (χ1v) is 17.0. The van der Waals surface area contributed by atoms with E-state index < -0.39 is 0 Å². The number of aromatic hydroxyl groups is 1. The third-order valence-electron chi connectivity index (χ3n) is 8.22. The molecule has 2 N–H and O–H groups in total. The molecule has 0 fully saturated rings. The number of fused-ring (bicyclic) bond motifs is 2. The molecule has 2 aromatic carbocycles. The molecule has 0 aliphatic heterocycles. The summed E-state index contributed by atoms with van der Waals surface area (Å²) in [7, 11) is 1.60. The van der Waals surface area contributed by atoms with Crippen molar-refractivity contribution in [3.8, 4) is 23.0 Å². The number of nitrogens with zero attached hydrogens (tertiary/aromatic N) is 1. The van der Waals surface area contributed by atoms with Gasteiger partial charge in [0.25, 0.3) is 0 Å². The van der Waals surface area contributed by atoms with E-state index in [0.29, 0.717) is 65.4 Å². The molecule has 8 heteroatoms. The number of methoxy groups -OCH3 is 1. The number of allylic oxidation sites excluding steroid dienone is 4. The quantitative estimate of drug-likeness (QED) is 0.0734. The normalized spacial score (nSPS) is 11.3. The Bertz CT molecular complexity index is 1540. The second-order valence-corrected chi connectivity index (χ2v) is 12.2. The molecule has 3 aromatic rings. The van der Waals surface area contributed by atoms with E-state index in [4.69, 9.17) is 18.6 Å². The van der Waals surface area contributed by atoms with Gasteiger partial charge in [-0.15, -0.1) is 0 Å². The highest BCUT2D eigenvalue weighted by molar-refractivity contribution is 5.98. The summed E-state index contributed by atoms with van der Waals surface area (Å²) >= 11 is 0. The van der Waals surface area contributed by atoms with Crippen LogP contribution in [0.25, 0.3) is 21.9 Å². The Morgan fingerprint density at radius 3 is 2.04 bits per heavy atom. The summed E-state index contributed by atoms with van der Waals surface area (Å²) in [5.74, 6) is 1.48. The summed E-state index contributed by atoms with van der Waals surface area (Å²) in [6.07, 6.45) is 8.72. The van der Waals surface area contributed by atoms with E-state index in [9.17, 15) is 9.90 Å². The summed E-state index contributed by atoms with van der Waals surface area (Å²) < 4.78 is 24.8. The van der Waals surface area contributed by atoms with Crippen LogP contribution in [0.2, 0.25) is 0 Å². The Kier molecular flexibility index (Phi) is 15.0. The van der Waals surface area contributed by atoms with Crippen LogP contribution in [0.1, 0.15) is 85.3 Å². The molecular formula is C38H56N2O6. The van der Waals surface area contributed by atoms with Gasteiger partial charge in [0.15, 0.2) is 11.5 Å². The zero-order chi connectivity index (χ0) is 33.6. The lowest BCUT2D eigenvalue weighted by Crippen LogP contribution is -2.24. The van der Waals surface area contributed by atoms with Crippen LogP contribution < -0.4 is 25.0 Å². The van der Waals surface area contributed by atoms with Crippen molar-refractivity contribution < 1.29 is 23.7 Å². The molecule has 0 saturated carbocycles. The maximum Gasteiger partial charge on any atom is 0.204 e. The molecule has 1 aromatic heterocycles. The minimum atomic E-state index is -0.300. The molecule has 0 saturated heterocycles. The van der Waals surface area contributed by atoms with E-state index in [1.54, 1.807) is 19.2 Å². The first-order valence-electron chi connectivity index (χ1n) is 17.0. The maximum absolute atomic E-state index is 14.3. The Morgan fingerprint density at radius 2 is 1.43 bits per heavy atom. The van der Waals surface area contributed by atoms with Gasteiger partial charge in [0, 0.05) is 23.3 Å². The predicted octanol–water partition coefficient (Wildman–Crippen LogP) is 7.95. The van der Waals surface area contributed by atoms with E-state index in [2.05, 4.69) is 37.1 Å². The topological polar surface area (TPSA) is 93.4 Å². The molecule has 1 heterocycles. The Labute approximate surface area is 275 Å². The molecule has 46 heavy (non-hydrogen) atoms.